The molecule has 1 aromatic heterocycles. The number of amides is 2. The molecule has 1 unspecified atom stereocenters. The Labute approximate surface area is 178 Å². The van der Waals surface area contributed by atoms with Gasteiger partial charge in [0.1, 0.15) is 23.5 Å². The molecule has 2 atom stereocenters. The van der Waals surface area contributed by atoms with Crippen molar-refractivity contribution in [3.63, 3.8) is 0 Å². The highest BCUT2D eigenvalue weighted by Crippen LogP contribution is 2.33. The highest BCUT2D eigenvalue weighted by molar-refractivity contribution is 6.00. The van der Waals surface area contributed by atoms with E-state index in [0.29, 0.717) is 17.9 Å². The van der Waals surface area contributed by atoms with Crippen molar-refractivity contribution < 1.29 is 18.4 Å². The number of anilines is 1. The van der Waals surface area contributed by atoms with Gasteiger partial charge in [-0.05, 0) is 42.9 Å². The number of benzene rings is 1. The van der Waals surface area contributed by atoms with Crippen molar-refractivity contribution in [3.8, 4) is 0 Å². The van der Waals surface area contributed by atoms with E-state index in [9.17, 15) is 18.4 Å². The molecule has 31 heavy (non-hydrogen) atoms. The minimum Gasteiger partial charge on any atom is -0.337 e. The summed E-state index contributed by atoms with van der Waals surface area (Å²) in [6.45, 7) is 6.54. The average molecular weight is 427 g/mol. The number of nitrogens with zero attached hydrogens (tertiary/aromatic N) is 3. The van der Waals surface area contributed by atoms with E-state index in [1.54, 1.807) is 10.8 Å². The van der Waals surface area contributed by atoms with Crippen molar-refractivity contribution in [2.75, 3.05) is 5.32 Å². The highest BCUT2D eigenvalue weighted by atomic mass is 19.1. The summed E-state index contributed by atoms with van der Waals surface area (Å²) in [5, 5.41) is 9.36. The predicted octanol–water partition coefficient (Wildman–Crippen LogP) is 3.25. The Morgan fingerprint density at radius 3 is 2.94 bits per heavy atom. The molecule has 0 fully saturated rings. The van der Waals surface area contributed by atoms with Crippen LogP contribution in [-0.4, -0.2) is 32.6 Å². The number of hydrogen-bond acceptors (Lipinski definition) is 4. The second-order valence-corrected chi connectivity index (χ2v) is 7.65. The summed E-state index contributed by atoms with van der Waals surface area (Å²) in [6.07, 6.45) is 6.01. The van der Waals surface area contributed by atoms with E-state index in [4.69, 9.17) is 0 Å². The fourth-order valence-electron chi connectivity index (χ4n) is 4.14. The molecule has 3 heterocycles. The Kier molecular flexibility index (Phi) is 5.67. The standard InChI is InChI=1S/C22H23F2N5O2/c1-3-5-12(4-2)15-8-9-29-20(15)27-19(28-29)22(31)25-17-7-6-13-10-14(23)11-16(24)18(13)26-21(17)30/h4-5,10-11,15,17H,2-3,6-9H2,1H3,(H,25,31)(H,26,30)/b12-5+/t15?,17-/m0/s1. The van der Waals surface area contributed by atoms with Crippen LogP contribution in [0.1, 0.15) is 54.1 Å². The SMILES string of the molecule is C=C/C(=C\CC)C1CCn2nc(C(=O)N[C@H]3CCc4cc(F)cc(F)c4NC3=O)nc21. The quantitative estimate of drug-likeness (QED) is 0.717. The zero-order chi connectivity index (χ0) is 22.1. The topological polar surface area (TPSA) is 88.9 Å². The van der Waals surface area contributed by atoms with E-state index in [0.717, 1.165) is 24.5 Å². The van der Waals surface area contributed by atoms with Gasteiger partial charge in [0.2, 0.25) is 11.7 Å². The Morgan fingerprint density at radius 2 is 2.19 bits per heavy atom. The highest BCUT2D eigenvalue weighted by Gasteiger charge is 2.32. The third-order valence-corrected chi connectivity index (χ3v) is 5.63. The van der Waals surface area contributed by atoms with Gasteiger partial charge in [0.15, 0.2) is 0 Å². The normalized spacial score (nSPS) is 20.5. The van der Waals surface area contributed by atoms with Crippen LogP contribution < -0.4 is 10.6 Å². The van der Waals surface area contributed by atoms with Crippen LogP contribution in [0, 0.1) is 11.6 Å². The molecule has 7 nitrogen and oxygen atoms in total. The first kappa shape index (κ1) is 20.9. The molecular formula is C22H23F2N5O2. The third kappa shape index (κ3) is 3.99. The van der Waals surface area contributed by atoms with Gasteiger partial charge in [0, 0.05) is 18.5 Å². The Hall–Kier alpha value is -3.36. The van der Waals surface area contributed by atoms with Crippen LogP contribution in [0.25, 0.3) is 0 Å². The predicted molar refractivity (Wildman–Crippen MR) is 111 cm³/mol. The molecule has 0 aliphatic carbocycles. The number of halogens is 2. The smallest absolute Gasteiger partial charge is 0.291 e. The lowest BCUT2D eigenvalue weighted by Crippen LogP contribution is -2.43. The van der Waals surface area contributed by atoms with Gasteiger partial charge in [-0.1, -0.05) is 25.7 Å². The number of allylic oxidation sites excluding steroid dienone is 3. The van der Waals surface area contributed by atoms with Crippen LogP contribution in [-0.2, 0) is 17.8 Å². The van der Waals surface area contributed by atoms with E-state index < -0.39 is 29.5 Å². The maximum atomic E-state index is 14.0. The largest absolute Gasteiger partial charge is 0.337 e. The first-order chi connectivity index (χ1) is 14.9. The number of rotatable bonds is 5. The fourth-order valence-corrected chi connectivity index (χ4v) is 4.14. The van der Waals surface area contributed by atoms with Crippen LogP contribution in [0.5, 0.6) is 0 Å². The monoisotopic (exact) mass is 427 g/mol. The Balaban J connectivity index is 1.50. The van der Waals surface area contributed by atoms with Gasteiger partial charge in [-0.15, -0.1) is 5.10 Å². The third-order valence-electron chi connectivity index (χ3n) is 5.63. The van der Waals surface area contributed by atoms with E-state index in [2.05, 4.69) is 33.4 Å². The number of carbonyl (C=O) groups is 2. The molecule has 9 heteroatoms. The minimum absolute atomic E-state index is 0.0219. The maximum absolute atomic E-state index is 14.0. The second-order valence-electron chi connectivity index (χ2n) is 7.65. The van der Waals surface area contributed by atoms with Crippen molar-refractivity contribution >= 4 is 17.5 Å². The van der Waals surface area contributed by atoms with Gasteiger partial charge in [-0.25, -0.2) is 18.4 Å². The molecule has 2 amide bonds. The summed E-state index contributed by atoms with van der Waals surface area (Å²) in [4.78, 5) is 29.7. The number of carbonyl (C=O) groups excluding carboxylic acids is 2. The van der Waals surface area contributed by atoms with Crippen LogP contribution >= 0.6 is 0 Å². The lowest BCUT2D eigenvalue weighted by atomic mass is 9.96. The zero-order valence-electron chi connectivity index (χ0n) is 17.1. The molecule has 2 N–H and O–H groups in total. The number of hydrogen-bond donors (Lipinski definition) is 2. The minimum atomic E-state index is -0.916. The molecule has 2 aromatic rings. The van der Waals surface area contributed by atoms with Crippen molar-refractivity contribution in [1.82, 2.24) is 20.1 Å². The average Bonchev–Trinajstić information content (AvgIpc) is 3.28. The van der Waals surface area contributed by atoms with Crippen LogP contribution in [0.3, 0.4) is 0 Å². The van der Waals surface area contributed by atoms with Crippen molar-refractivity contribution in [2.24, 2.45) is 0 Å². The molecule has 162 valence electrons. The number of fused-ring (bicyclic) bond motifs is 2. The summed E-state index contributed by atoms with van der Waals surface area (Å²) < 4.78 is 29.2. The summed E-state index contributed by atoms with van der Waals surface area (Å²) >= 11 is 0. The second kappa shape index (κ2) is 8.41. The lowest BCUT2D eigenvalue weighted by Gasteiger charge is -2.14. The van der Waals surface area contributed by atoms with Gasteiger partial charge >= 0.3 is 0 Å². The number of aromatic nitrogens is 3. The summed E-state index contributed by atoms with van der Waals surface area (Å²) in [5.74, 6) is -2.01. The van der Waals surface area contributed by atoms with E-state index in [1.807, 2.05) is 6.92 Å². The van der Waals surface area contributed by atoms with Gasteiger partial charge in [0.25, 0.3) is 5.91 Å². The Bertz CT molecular complexity index is 1090. The molecule has 0 saturated carbocycles. The van der Waals surface area contributed by atoms with Crippen molar-refractivity contribution in [3.05, 3.63) is 65.3 Å². The van der Waals surface area contributed by atoms with Crippen LogP contribution in [0.15, 0.2) is 36.4 Å². The van der Waals surface area contributed by atoms with Crippen molar-refractivity contribution in [2.45, 2.75) is 51.1 Å². The van der Waals surface area contributed by atoms with E-state index >= 15 is 0 Å². The molecule has 0 spiro atoms. The van der Waals surface area contributed by atoms with E-state index in [-0.39, 0.29) is 30.3 Å². The van der Waals surface area contributed by atoms with Gasteiger partial charge < -0.3 is 10.6 Å². The molecule has 2 aliphatic rings. The van der Waals surface area contributed by atoms with E-state index in [1.165, 1.54) is 6.07 Å². The van der Waals surface area contributed by atoms with Gasteiger partial charge in [-0.2, -0.15) is 0 Å². The van der Waals surface area contributed by atoms with Crippen molar-refractivity contribution in [1.29, 1.82) is 0 Å². The molecular weight excluding hydrogens is 404 g/mol. The van der Waals surface area contributed by atoms with Gasteiger partial charge in [0.05, 0.1) is 5.69 Å². The molecule has 2 aliphatic heterocycles. The molecule has 0 saturated heterocycles. The molecule has 0 radical (unpaired) electrons. The first-order valence-corrected chi connectivity index (χ1v) is 10.3. The molecule has 0 bridgehead atoms. The number of aryl methyl sites for hydroxylation is 2. The molecule has 1 aromatic carbocycles. The fraction of sp³-hybridized carbons (Fsp3) is 0.364. The summed E-state index contributed by atoms with van der Waals surface area (Å²) in [6, 6.07) is 0.987. The zero-order valence-corrected chi connectivity index (χ0v) is 17.1. The lowest BCUT2D eigenvalue weighted by molar-refractivity contribution is -0.118. The molecule has 4 rings (SSSR count). The number of nitrogens with one attached hydrogen (secondary N) is 2. The first-order valence-electron chi connectivity index (χ1n) is 10.3. The van der Waals surface area contributed by atoms with Crippen LogP contribution in [0.2, 0.25) is 0 Å². The van der Waals surface area contributed by atoms with Gasteiger partial charge in [-0.3, -0.25) is 9.59 Å². The summed E-state index contributed by atoms with van der Waals surface area (Å²) in [7, 11) is 0. The van der Waals surface area contributed by atoms with Crippen LogP contribution in [0.4, 0.5) is 14.5 Å². The Morgan fingerprint density at radius 1 is 1.39 bits per heavy atom. The summed E-state index contributed by atoms with van der Waals surface area (Å²) in [5.41, 5.74) is 1.35. The maximum Gasteiger partial charge on any atom is 0.291 e.